The lowest BCUT2D eigenvalue weighted by Crippen LogP contribution is -2.64. The van der Waals surface area contributed by atoms with Crippen molar-refractivity contribution < 1.29 is 48.0 Å². The number of primary amides is 1. The lowest BCUT2D eigenvalue weighted by molar-refractivity contribution is -0.169. The maximum Gasteiger partial charge on any atom is 0.396 e. The molecule has 1 amide bonds. The molecule has 5 atom stereocenters. The number of rotatable bonds is 2. The lowest BCUT2D eigenvalue weighted by atomic mass is 9.56. The number of hydrogen-bond acceptors (Lipinski definition) is 8. The van der Waals surface area contributed by atoms with Gasteiger partial charge in [-0.2, -0.15) is 13.2 Å². The van der Waals surface area contributed by atoms with E-state index in [1.54, 1.807) is 0 Å². The molecule has 0 unspecified atom stereocenters. The number of hydrogen-bond donors (Lipinski definition) is 5. The summed E-state index contributed by atoms with van der Waals surface area (Å²) in [5, 5.41) is 43.3. The molecule has 182 valence electrons. The fourth-order valence-corrected chi connectivity index (χ4v) is 5.64. The van der Waals surface area contributed by atoms with Crippen molar-refractivity contribution in [3.8, 4) is 5.75 Å². The predicted molar refractivity (Wildman–Crippen MR) is 109 cm³/mol. The fourth-order valence-electron chi connectivity index (χ4n) is 5.64. The van der Waals surface area contributed by atoms with E-state index in [1.165, 1.54) is 19.0 Å². The topological polar surface area (TPSA) is 161 Å². The van der Waals surface area contributed by atoms with Crippen molar-refractivity contribution in [3.63, 3.8) is 0 Å². The average Bonchev–Trinajstić information content (AvgIpc) is 2.69. The van der Waals surface area contributed by atoms with Gasteiger partial charge in [0.25, 0.3) is 5.91 Å². The zero-order valence-corrected chi connectivity index (χ0v) is 17.9. The van der Waals surface area contributed by atoms with Gasteiger partial charge < -0.3 is 26.2 Å². The van der Waals surface area contributed by atoms with Gasteiger partial charge in [0.15, 0.2) is 11.4 Å². The monoisotopic (exact) mass is 482 g/mol. The summed E-state index contributed by atoms with van der Waals surface area (Å²) in [5.74, 6) is -12.8. The molecule has 0 bridgehead atoms. The average molecular weight is 482 g/mol. The molecule has 0 heterocycles. The van der Waals surface area contributed by atoms with Crippen LogP contribution in [-0.2, 0) is 9.59 Å². The molecule has 12 heteroatoms. The summed E-state index contributed by atoms with van der Waals surface area (Å²) < 4.78 is 42.9. The fraction of sp³-hybridized carbons (Fsp3) is 0.409. The smallest absolute Gasteiger partial charge is 0.396 e. The molecule has 3 aliphatic carbocycles. The summed E-state index contributed by atoms with van der Waals surface area (Å²) in [6.07, 6.45) is -5.61. The van der Waals surface area contributed by atoms with Crippen molar-refractivity contribution in [3.05, 3.63) is 52.0 Å². The first-order valence-corrected chi connectivity index (χ1v) is 10.2. The SMILES string of the molecule is CN(C)[C@@H]1C(O)=C(C(N)=O)C(=O)[C@@]2(O)C(O)=C3C(=O)c4c(O)cccc4[C@H](C(F)(F)F)[C@H]3C[C@@H]12. The Morgan fingerprint density at radius 1 is 1.18 bits per heavy atom. The Bertz CT molecular complexity index is 1200. The predicted octanol–water partition coefficient (Wildman–Crippen LogP) is 1.22. The molecule has 0 radical (unpaired) electrons. The number of likely N-dealkylation sites (N-methyl/N-ethyl adjacent to an activating group) is 1. The third-order valence-electron chi connectivity index (χ3n) is 6.96. The van der Waals surface area contributed by atoms with Crippen LogP contribution in [0.25, 0.3) is 0 Å². The van der Waals surface area contributed by atoms with E-state index in [0.717, 1.165) is 18.2 Å². The Labute approximate surface area is 190 Å². The molecule has 3 aliphatic rings. The highest BCUT2D eigenvalue weighted by Crippen LogP contribution is 2.58. The maximum absolute atomic E-state index is 14.3. The van der Waals surface area contributed by atoms with Gasteiger partial charge >= 0.3 is 6.18 Å². The number of phenols is 1. The van der Waals surface area contributed by atoms with E-state index in [2.05, 4.69) is 0 Å². The van der Waals surface area contributed by atoms with Gasteiger partial charge in [-0.05, 0) is 32.1 Å². The van der Waals surface area contributed by atoms with Crippen LogP contribution >= 0.6 is 0 Å². The number of alkyl halides is 3. The van der Waals surface area contributed by atoms with Crippen molar-refractivity contribution in [1.29, 1.82) is 0 Å². The van der Waals surface area contributed by atoms with Gasteiger partial charge in [-0.15, -0.1) is 0 Å². The number of benzene rings is 1. The second-order valence-corrected chi connectivity index (χ2v) is 8.93. The number of Topliss-reactive ketones (excluding diaryl/α,β-unsaturated/α-hetero) is 2. The highest BCUT2D eigenvalue weighted by molar-refractivity contribution is 6.24. The molecule has 4 rings (SSSR count). The minimum absolute atomic E-state index is 0.509. The number of nitrogens with two attached hydrogens (primary N) is 1. The van der Waals surface area contributed by atoms with Crippen LogP contribution in [0, 0.1) is 11.8 Å². The van der Waals surface area contributed by atoms with E-state index < -0.39 is 99.0 Å². The zero-order chi connectivity index (χ0) is 25.5. The number of nitrogens with zero attached hydrogens (tertiary/aromatic N) is 1. The summed E-state index contributed by atoms with van der Waals surface area (Å²) in [4.78, 5) is 39.5. The largest absolute Gasteiger partial charge is 0.510 e. The van der Waals surface area contributed by atoms with Gasteiger partial charge in [0.1, 0.15) is 22.8 Å². The first kappa shape index (κ1) is 23.8. The number of aromatic hydroxyl groups is 1. The Morgan fingerprint density at radius 2 is 1.79 bits per heavy atom. The third kappa shape index (κ3) is 2.91. The molecule has 0 saturated heterocycles. The Kier molecular flexibility index (Phi) is 5.11. The molecule has 1 aromatic rings. The van der Waals surface area contributed by atoms with Crippen LogP contribution in [-0.4, -0.2) is 74.7 Å². The minimum Gasteiger partial charge on any atom is -0.510 e. The van der Waals surface area contributed by atoms with E-state index in [4.69, 9.17) is 5.73 Å². The number of fused-ring (bicyclic) bond motifs is 3. The Morgan fingerprint density at radius 3 is 2.32 bits per heavy atom. The Balaban J connectivity index is 2.06. The summed E-state index contributed by atoms with van der Waals surface area (Å²) >= 11 is 0. The molecule has 0 aromatic heterocycles. The van der Waals surface area contributed by atoms with E-state index in [0.29, 0.717) is 0 Å². The van der Waals surface area contributed by atoms with Crippen LogP contribution in [0.5, 0.6) is 5.75 Å². The number of aliphatic hydroxyl groups is 3. The lowest BCUT2D eigenvalue weighted by Gasteiger charge is -2.51. The molecule has 0 fully saturated rings. The van der Waals surface area contributed by atoms with Crippen molar-refractivity contribution in [2.24, 2.45) is 17.6 Å². The number of carbonyl (C=O) groups excluding carboxylic acids is 3. The van der Waals surface area contributed by atoms with Crippen LogP contribution in [0.15, 0.2) is 40.9 Å². The second-order valence-electron chi connectivity index (χ2n) is 8.93. The Hall–Kier alpha value is -3.38. The van der Waals surface area contributed by atoms with E-state index in [-0.39, 0.29) is 0 Å². The zero-order valence-electron chi connectivity index (χ0n) is 17.9. The number of carbonyl (C=O) groups is 3. The molecule has 6 N–H and O–H groups in total. The van der Waals surface area contributed by atoms with Crippen LogP contribution in [0.2, 0.25) is 0 Å². The molecule has 0 saturated carbocycles. The molecular weight excluding hydrogens is 461 g/mol. The second kappa shape index (κ2) is 7.31. The normalized spacial score (nSPS) is 31.4. The van der Waals surface area contributed by atoms with Crippen LogP contribution in [0.3, 0.4) is 0 Å². The quantitative estimate of drug-likeness (QED) is 0.393. The standard InChI is InChI=1S/C22H21F3N2O7/c1-27(2)15-9-6-8-12(18(31)21(9,34)19(32)13(17(15)30)20(26)33)16(29)11-7(4-3-5-10(11)28)14(8)22(23,24)25/h3-5,8-9,14-15,28,30-31,34H,6H2,1-2H3,(H2,26,33)/t8-,9-,14-,15-,21-/m0/s1. The van der Waals surface area contributed by atoms with Crippen molar-refractivity contribution in [1.82, 2.24) is 4.90 Å². The van der Waals surface area contributed by atoms with E-state index in [1.807, 2.05) is 0 Å². The van der Waals surface area contributed by atoms with Gasteiger partial charge in [0, 0.05) is 17.4 Å². The molecule has 1 aromatic carbocycles. The highest BCUT2D eigenvalue weighted by atomic mass is 19.4. The number of allylic oxidation sites excluding steroid dienone is 1. The van der Waals surface area contributed by atoms with Crippen molar-refractivity contribution in [2.75, 3.05) is 14.1 Å². The third-order valence-corrected chi connectivity index (χ3v) is 6.96. The molecule has 34 heavy (non-hydrogen) atoms. The number of ketones is 2. The summed E-state index contributed by atoms with van der Waals surface area (Å²) in [6, 6.07) is 1.80. The van der Waals surface area contributed by atoms with E-state index >= 15 is 0 Å². The highest BCUT2D eigenvalue weighted by Gasteiger charge is 2.66. The number of amides is 1. The number of halogens is 3. The maximum atomic E-state index is 14.3. The number of aliphatic hydroxyl groups excluding tert-OH is 2. The van der Waals surface area contributed by atoms with Crippen LogP contribution in [0.4, 0.5) is 13.2 Å². The molecular formula is C22H21F3N2O7. The van der Waals surface area contributed by atoms with Gasteiger partial charge in [-0.3, -0.25) is 19.3 Å². The number of phenolic OH excluding ortho intramolecular Hbond substituents is 1. The molecule has 9 nitrogen and oxygen atoms in total. The van der Waals surface area contributed by atoms with Gasteiger partial charge in [0.05, 0.1) is 17.5 Å². The molecule has 0 spiro atoms. The van der Waals surface area contributed by atoms with E-state index in [9.17, 15) is 48.0 Å². The summed E-state index contributed by atoms with van der Waals surface area (Å²) in [7, 11) is 2.76. The van der Waals surface area contributed by atoms with Crippen LogP contribution in [0.1, 0.15) is 28.3 Å². The first-order chi connectivity index (χ1) is 15.7. The van der Waals surface area contributed by atoms with Crippen LogP contribution < -0.4 is 5.73 Å². The van der Waals surface area contributed by atoms with Gasteiger partial charge in [-0.1, -0.05) is 12.1 Å². The van der Waals surface area contributed by atoms with Gasteiger partial charge in [-0.25, -0.2) is 0 Å². The van der Waals surface area contributed by atoms with Gasteiger partial charge in [0.2, 0.25) is 5.78 Å². The van der Waals surface area contributed by atoms with Crippen molar-refractivity contribution >= 4 is 17.5 Å². The molecule has 0 aliphatic heterocycles. The minimum atomic E-state index is -4.95. The summed E-state index contributed by atoms with van der Waals surface area (Å²) in [5.41, 5.74) is -0.926. The summed E-state index contributed by atoms with van der Waals surface area (Å²) in [6.45, 7) is 0. The first-order valence-electron chi connectivity index (χ1n) is 10.2. The van der Waals surface area contributed by atoms with Crippen molar-refractivity contribution in [2.45, 2.75) is 30.2 Å².